The fraction of sp³-hybridized carbons (Fsp3) is 0.458. The van der Waals surface area contributed by atoms with Gasteiger partial charge in [0.25, 0.3) is 5.91 Å². The summed E-state index contributed by atoms with van der Waals surface area (Å²) in [5, 5.41) is 3.17. The lowest BCUT2D eigenvalue weighted by Crippen LogP contribution is -2.45. The monoisotopic (exact) mass is 381 g/mol. The molecule has 0 fully saturated rings. The van der Waals surface area contributed by atoms with E-state index in [-0.39, 0.29) is 24.2 Å². The molecule has 0 saturated carbocycles. The second kappa shape index (κ2) is 8.68. The molecular formula is C24H31NO3. The summed E-state index contributed by atoms with van der Waals surface area (Å²) in [5.41, 5.74) is 1.91. The lowest BCUT2D eigenvalue weighted by molar-refractivity contribution is -0.124. The van der Waals surface area contributed by atoms with Crippen LogP contribution in [0.3, 0.4) is 0 Å². The van der Waals surface area contributed by atoms with Crippen LogP contribution in [0.1, 0.15) is 70.0 Å². The van der Waals surface area contributed by atoms with Crippen molar-refractivity contribution in [2.45, 2.75) is 64.5 Å². The van der Waals surface area contributed by atoms with E-state index in [0.29, 0.717) is 5.92 Å². The Balaban J connectivity index is 1.71. The first-order valence-electron chi connectivity index (χ1n) is 10.3. The fourth-order valence-corrected chi connectivity index (χ4v) is 3.90. The third-order valence-electron chi connectivity index (χ3n) is 5.72. The topological polar surface area (TPSA) is 47.6 Å². The van der Waals surface area contributed by atoms with Gasteiger partial charge in [-0.2, -0.15) is 0 Å². The van der Waals surface area contributed by atoms with E-state index < -0.39 is 0 Å². The molecule has 4 nitrogen and oxygen atoms in total. The molecule has 1 aliphatic rings. The second-order valence-electron chi connectivity index (χ2n) is 7.84. The summed E-state index contributed by atoms with van der Waals surface area (Å²) in [6.07, 6.45) is 2.58. The van der Waals surface area contributed by atoms with Crippen molar-refractivity contribution in [1.29, 1.82) is 0 Å². The molecule has 1 heterocycles. The SMILES string of the molecule is CCC1(CC)C[C@@H](NC(=O)COc2ccccc2C(C)C)c2ccccc2O1. The maximum absolute atomic E-state index is 12.7. The summed E-state index contributed by atoms with van der Waals surface area (Å²) in [6.45, 7) is 8.53. The van der Waals surface area contributed by atoms with Crippen LogP contribution < -0.4 is 14.8 Å². The van der Waals surface area contributed by atoms with E-state index in [1.807, 2.05) is 48.5 Å². The van der Waals surface area contributed by atoms with E-state index in [1.54, 1.807) is 0 Å². The summed E-state index contributed by atoms with van der Waals surface area (Å²) < 4.78 is 12.2. The number of carbonyl (C=O) groups is 1. The zero-order valence-electron chi connectivity index (χ0n) is 17.3. The Kier molecular flexibility index (Phi) is 6.28. The molecule has 2 aromatic carbocycles. The molecule has 1 amide bonds. The third-order valence-corrected chi connectivity index (χ3v) is 5.72. The van der Waals surface area contributed by atoms with Gasteiger partial charge in [-0.1, -0.05) is 64.1 Å². The van der Waals surface area contributed by atoms with E-state index in [0.717, 1.165) is 41.9 Å². The maximum atomic E-state index is 12.7. The van der Waals surface area contributed by atoms with Gasteiger partial charge < -0.3 is 14.8 Å². The zero-order valence-corrected chi connectivity index (χ0v) is 17.3. The summed E-state index contributed by atoms with van der Waals surface area (Å²) in [6, 6.07) is 15.8. The molecule has 3 rings (SSSR count). The summed E-state index contributed by atoms with van der Waals surface area (Å²) >= 11 is 0. The predicted molar refractivity (Wildman–Crippen MR) is 112 cm³/mol. The van der Waals surface area contributed by atoms with Crippen LogP contribution in [0.15, 0.2) is 48.5 Å². The van der Waals surface area contributed by atoms with Gasteiger partial charge >= 0.3 is 0 Å². The van der Waals surface area contributed by atoms with Crippen molar-refractivity contribution < 1.29 is 14.3 Å². The van der Waals surface area contributed by atoms with Crippen LogP contribution in [0.4, 0.5) is 0 Å². The number of ether oxygens (including phenoxy) is 2. The van der Waals surface area contributed by atoms with Gasteiger partial charge in [0.1, 0.15) is 17.1 Å². The van der Waals surface area contributed by atoms with Gasteiger partial charge in [-0.15, -0.1) is 0 Å². The van der Waals surface area contributed by atoms with Crippen molar-refractivity contribution in [2.24, 2.45) is 0 Å². The molecule has 2 aromatic rings. The molecule has 0 radical (unpaired) electrons. The van der Waals surface area contributed by atoms with Gasteiger partial charge in [-0.3, -0.25) is 4.79 Å². The van der Waals surface area contributed by atoms with Gasteiger partial charge in [0.05, 0.1) is 6.04 Å². The quantitative estimate of drug-likeness (QED) is 0.700. The molecular weight excluding hydrogens is 350 g/mol. The van der Waals surface area contributed by atoms with E-state index >= 15 is 0 Å². The highest BCUT2D eigenvalue weighted by molar-refractivity contribution is 5.78. The number of hydrogen-bond donors (Lipinski definition) is 1. The minimum Gasteiger partial charge on any atom is -0.487 e. The Morgan fingerprint density at radius 3 is 2.54 bits per heavy atom. The molecule has 0 aromatic heterocycles. The molecule has 1 N–H and O–H groups in total. The number of hydrogen-bond acceptors (Lipinski definition) is 3. The Labute approximate surface area is 168 Å². The van der Waals surface area contributed by atoms with Gasteiger partial charge in [0, 0.05) is 12.0 Å². The first-order valence-corrected chi connectivity index (χ1v) is 10.3. The third kappa shape index (κ3) is 4.32. The first kappa shape index (κ1) is 20.2. The molecule has 0 saturated heterocycles. The van der Waals surface area contributed by atoms with E-state index in [1.165, 1.54) is 0 Å². The lowest BCUT2D eigenvalue weighted by Gasteiger charge is -2.41. The van der Waals surface area contributed by atoms with Crippen molar-refractivity contribution in [3.8, 4) is 11.5 Å². The van der Waals surface area contributed by atoms with Crippen molar-refractivity contribution in [1.82, 2.24) is 5.32 Å². The average Bonchev–Trinajstić information content (AvgIpc) is 2.72. The van der Waals surface area contributed by atoms with Gasteiger partial charge in [0.15, 0.2) is 6.61 Å². The van der Waals surface area contributed by atoms with Gasteiger partial charge in [0.2, 0.25) is 0 Å². The smallest absolute Gasteiger partial charge is 0.258 e. The normalized spacial score (nSPS) is 17.5. The molecule has 150 valence electrons. The van der Waals surface area contributed by atoms with Crippen LogP contribution in [0.25, 0.3) is 0 Å². The molecule has 1 atom stereocenters. The molecule has 0 spiro atoms. The first-order chi connectivity index (χ1) is 13.5. The Morgan fingerprint density at radius 1 is 1.14 bits per heavy atom. The Bertz CT molecular complexity index is 811. The molecule has 28 heavy (non-hydrogen) atoms. The molecule has 0 aliphatic carbocycles. The molecule has 1 aliphatic heterocycles. The van der Waals surface area contributed by atoms with Gasteiger partial charge in [-0.05, 0) is 36.5 Å². The number of benzene rings is 2. The van der Waals surface area contributed by atoms with Crippen molar-refractivity contribution in [2.75, 3.05) is 6.61 Å². The maximum Gasteiger partial charge on any atom is 0.258 e. The number of amides is 1. The van der Waals surface area contributed by atoms with Crippen LogP contribution in [-0.4, -0.2) is 18.1 Å². The predicted octanol–water partition coefficient (Wildman–Crippen LogP) is 5.39. The van der Waals surface area contributed by atoms with E-state index in [2.05, 4.69) is 33.0 Å². The van der Waals surface area contributed by atoms with Crippen LogP contribution in [0.5, 0.6) is 11.5 Å². The molecule has 4 heteroatoms. The van der Waals surface area contributed by atoms with Crippen LogP contribution in [0.2, 0.25) is 0 Å². The minimum absolute atomic E-state index is 0.00844. The van der Waals surface area contributed by atoms with Crippen molar-refractivity contribution in [3.05, 3.63) is 59.7 Å². The fourth-order valence-electron chi connectivity index (χ4n) is 3.90. The van der Waals surface area contributed by atoms with Crippen LogP contribution in [-0.2, 0) is 4.79 Å². The highest BCUT2D eigenvalue weighted by Gasteiger charge is 2.38. The molecule has 0 bridgehead atoms. The summed E-state index contributed by atoms with van der Waals surface area (Å²) in [5.74, 6) is 1.88. The number of rotatable bonds is 7. The highest BCUT2D eigenvalue weighted by Crippen LogP contribution is 2.42. The highest BCUT2D eigenvalue weighted by atomic mass is 16.5. The van der Waals surface area contributed by atoms with Crippen LogP contribution in [0, 0.1) is 0 Å². The van der Waals surface area contributed by atoms with E-state index in [4.69, 9.17) is 9.47 Å². The Hall–Kier alpha value is -2.49. The number of nitrogens with one attached hydrogen (secondary N) is 1. The largest absolute Gasteiger partial charge is 0.487 e. The lowest BCUT2D eigenvalue weighted by atomic mass is 9.83. The minimum atomic E-state index is -0.239. The number of fused-ring (bicyclic) bond motifs is 1. The van der Waals surface area contributed by atoms with Crippen LogP contribution >= 0.6 is 0 Å². The molecule has 0 unspecified atom stereocenters. The standard InChI is InChI=1S/C24H31NO3/c1-5-24(6-2)15-20(19-12-8-10-14-22(19)28-24)25-23(26)16-27-21-13-9-7-11-18(21)17(3)4/h7-14,17,20H,5-6,15-16H2,1-4H3,(H,25,26)/t20-/m1/s1. The van der Waals surface area contributed by atoms with Gasteiger partial charge in [-0.25, -0.2) is 0 Å². The number of para-hydroxylation sites is 2. The summed E-state index contributed by atoms with van der Waals surface area (Å²) in [7, 11) is 0. The van der Waals surface area contributed by atoms with Crippen molar-refractivity contribution in [3.63, 3.8) is 0 Å². The average molecular weight is 382 g/mol. The summed E-state index contributed by atoms with van der Waals surface area (Å²) in [4.78, 5) is 12.7. The zero-order chi connectivity index (χ0) is 20.1. The van der Waals surface area contributed by atoms with Crippen molar-refractivity contribution >= 4 is 5.91 Å². The number of carbonyl (C=O) groups excluding carboxylic acids is 1. The van der Waals surface area contributed by atoms with E-state index in [9.17, 15) is 4.79 Å². The Morgan fingerprint density at radius 2 is 1.82 bits per heavy atom. The second-order valence-corrected chi connectivity index (χ2v) is 7.84.